The van der Waals surface area contributed by atoms with Crippen molar-refractivity contribution in [3.05, 3.63) is 51.9 Å². The molecule has 0 saturated heterocycles. The van der Waals surface area contributed by atoms with Gasteiger partial charge < -0.3 is 5.11 Å². The molecular weight excluding hydrogens is 342 g/mol. The fraction of sp³-hybridized carbons (Fsp3) is 0. The van der Waals surface area contributed by atoms with Gasteiger partial charge in [0.2, 0.25) is 0 Å². The van der Waals surface area contributed by atoms with Crippen molar-refractivity contribution in [3.8, 4) is 16.3 Å². The lowest BCUT2D eigenvalue weighted by atomic mass is 10.2. The Hall–Kier alpha value is -1.99. The zero-order valence-corrected chi connectivity index (χ0v) is 12.4. The molecule has 100 valence electrons. The Morgan fingerprint density at radius 1 is 1.25 bits per heavy atom. The molecule has 3 rings (SSSR count). The van der Waals surface area contributed by atoms with Gasteiger partial charge in [0.1, 0.15) is 5.69 Å². The van der Waals surface area contributed by atoms with Crippen LogP contribution >= 0.6 is 27.3 Å². The van der Waals surface area contributed by atoms with E-state index < -0.39 is 5.97 Å². The minimum Gasteiger partial charge on any atom is -0.476 e. The quantitative estimate of drug-likeness (QED) is 0.786. The third-order valence-corrected chi connectivity index (χ3v) is 4.10. The molecule has 0 unspecified atom stereocenters. The lowest BCUT2D eigenvalue weighted by molar-refractivity contribution is 0.0691. The molecule has 20 heavy (non-hydrogen) atoms. The Kier molecular flexibility index (Phi) is 3.37. The second-order valence-electron chi connectivity index (χ2n) is 3.96. The van der Waals surface area contributed by atoms with Gasteiger partial charge in [0, 0.05) is 4.47 Å². The first-order chi connectivity index (χ1) is 9.66. The van der Waals surface area contributed by atoms with Gasteiger partial charge in [-0.2, -0.15) is 0 Å². The molecule has 2 aromatic heterocycles. The first-order valence-corrected chi connectivity index (χ1v) is 7.33. The van der Waals surface area contributed by atoms with E-state index in [0.29, 0.717) is 5.69 Å². The second kappa shape index (κ2) is 5.18. The van der Waals surface area contributed by atoms with E-state index in [0.717, 1.165) is 15.0 Å². The number of rotatable bonds is 3. The van der Waals surface area contributed by atoms with Gasteiger partial charge in [-0.05, 0) is 35.7 Å². The molecule has 0 bridgehead atoms. The third kappa shape index (κ3) is 2.25. The van der Waals surface area contributed by atoms with E-state index in [1.165, 1.54) is 11.3 Å². The Morgan fingerprint density at radius 2 is 2.00 bits per heavy atom. The van der Waals surface area contributed by atoms with E-state index in [-0.39, 0.29) is 5.69 Å². The summed E-state index contributed by atoms with van der Waals surface area (Å²) in [6.45, 7) is 0. The summed E-state index contributed by atoms with van der Waals surface area (Å²) in [6, 6.07) is 11.2. The largest absolute Gasteiger partial charge is 0.476 e. The lowest BCUT2D eigenvalue weighted by Gasteiger charge is -2.05. The number of nitrogens with zero attached hydrogens (tertiary/aromatic N) is 3. The average Bonchev–Trinajstić information content (AvgIpc) is 3.08. The maximum atomic E-state index is 11.3. The highest BCUT2D eigenvalue weighted by molar-refractivity contribution is 9.10. The van der Waals surface area contributed by atoms with Crippen LogP contribution in [0, 0.1) is 0 Å². The van der Waals surface area contributed by atoms with Gasteiger partial charge in [0.25, 0.3) is 0 Å². The van der Waals surface area contributed by atoms with Crippen molar-refractivity contribution in [3.63, 3.8) is 0 Å². The van der Waals surface area contributed by atoms with Crippen molar-refractivity contribution in [2.24, 2.45) is 0 Å². The van der Waals surface area contributed by atoms with Crippen LogP contribution < -0.4 is 0 Å². The highest BCUT2D eigenvalue weighted by Crippen LogP contribution is 2.29. The summed E-state index contributed by atoms with van der Waals surface area (Å²) >= 11 is 4.82. The van der Waals surface area contributed by atoms with Crippen molar-refractivity contribution in [1.29, 1.82) is 0 Å². The summed E-state index contributed by atoms with van der Waals surface area (Å²) in [5.74, 6) is -1.09. The van der Waals surface area contributed by atoms with Crippen molar-refractivity contribution in [2.75, 3.05) is 0 Å². The van der Waals surface area contributed by atoms with Crippen LogP contribution in [-0.2, 0) is 0 Å². The highest BCUT2D eigenvalue weighted by atomic mass is 79.9. The Bertz CT molecular complexity index is 751. The molecule has 5 nitrogen and oxygen atoms in total. The number of carboxylic acids is 1. The molecule has 0 radical (unpaired) electrons. The molecule has 0 aliphatic rings. The van der Waals surface area contributed by atoms with Crippen LogP contribution in [0.1, 0.15) is 10.5 Å². The molecule has 0 saturated carbocycles. The Balaban J connectivity index is 2.21. The maximum Gasteiger partial charge on any atom is 0.358 e. The van der Waals surface area contributed by atoms with Gasteiger partial charge >= 0.3 is 5.97 Å². The number of halogens is 1. The van der Waals surface area contributed by atoms with E-state index in [4.69, 9.17) is 0 Å². The molecule has 0 fully saturated rings. The van der Waals surface area contributed by atoms with Crippen molar-refractivity contribution in [2.45, 2.75) is 0 Å². The maximum absolute atomic E-state index is 11.3. The molecule has 2 heterocycles. The summed E-state index contributed by atoms with van der Waals surface area (Å²) in [4.78, 5) is 12.1. The van der Waals surface area contributed by atoms with Gasteiger partial charge in [0.05, 0.1) is 10.6 Å². The number of hydrogen-bond acceptors (Lipinski definition) is 4. The third-order valence-electron chi connectivity index (χ3n) is 2.70. The summed E-state index contributed by atoms with van der Waals surface area (Å²) in [7, 11) is 0. The van der Waals surface area contributed by atoms with Gasteiger partial charge in [0.15, 0.2) is 5.69 Å². The molecule has 1 aromatic carbocycles. The van der Waals surface area contributed by atoms with Crippen LogP contribution in [0.3, 0.4) is 0 Å². The molecule has 3 aromatic rings. The standard InChI is InChI=1S/C13H8BrN3O2S/c14-8-3-5-9(6-4-8)17-12(10-2-1-7-20-10)11(13(18)19)15-16-17/h1-7H,(H,18,19). The Labute approximate surface area is 126 Å². The zero-order chi connectivity index (χ0) is 14.1. The molecule has 0 aliphatic carbocycles. The molecule has 0 spiro atoms. The number of benzene rings is 1. The van der Waals surface area contributed by atoms with Crippen molar-refractivity contribution in [1.82, 2.24) is 15.0 Å². The van der Waals surface area contributed by atoms with Crippen LogP contribution in [0.15, 0.2) is 46.3 Å². The summed E-state index contributed by atoms with van der Waals surface area (Å²) in [5.41, 5.74) is 1.21. The van der Waals surface area contributed by atoms with Crippen molar-refractivity contribution >= 4 is 33.2 Å². The van der Waals surface area contributed by atoms with Gasteiger partial charge in [-0.25, -0.2) is 9.48 Å². The minimum atomic E-state index is -1.09. The van der Waals surface area contributed by atoms with Crippen LogP contribution in [-0.4, -0.2) is 26.1 Å². The number of thiophene rings is 1. The van der Waals surface area contributed by atoms with E-state index in [2.05, 4.69) is 26.2 Å². The fourth-order valence-corrected chi connectivity index (χ4v) is 2.84. The summed E-state index contributed by atoms with van der Waals surface area (Å²) < 4.78 is 2.49. The highest BCUT2D eigenvalue weighted by Gasteiger charge is 2.22. The molecular formula is C13H8BrN3O2S. The van der Waals surface area contributed by atoms with Gasteiger partial charge in [-0.15, -0.1) is 16.4 Å². The molecule has 7 heteroatoms. The van der Waals surface area contributed by atoms with Gasteiger partial charge in [-0.1, -0.05) is 27.2 Å². The lowest BCUT2D eigenvalue weighted by Crippen LogP contribution is -2.02. The molecule has 0 atom stereocenters. The van der Waals surface area contributed by atoms with Crippen LogP contribution in [0.4, 0.5) is 0 Å². The SMILES string of the molecule is O=C(O)c1nnn(-c2ccc(Br)cc2)c1-c1cccs1. The number of carboxylic acid groups (broad SMARTS) is 1. The van der Waals surface area contributed by atoms with Gasteiger partial charge in [-0.3, -0.25) is 0 Å². The van der Waals surface area contributed by atoms with E-state index in [1.807, 2.05) is 41.8 Å². The number of aromatic carboxylic acids is 1. The van der Waals surface area contributed by atoms with Crippen LogP contribution in [0.2, 0.25) is 0 Å². The summed E-state index contributed by atoms with van der Waals surface area (Å²) in [6.07, 6.45) is 0. The smallest absolute Gasteiger partial charge is 0.358 e. The first-order valence-electron chi connectivity index (χ1n) is 5.65. The van der Waals surface area contributed by atoms with Crippen LogP contribution in [0.25, 0.3) is 16.3 Å². The van der Waals surface area contributed by atoms with Crippen LogP contribution in [0.5, 0.6) is 0 Å². The number of carbonyl (C=O) groups is 1. The number of aromatic nitrogens is 3. The molecule has 0 aliphatic heterocycles. The normalized spacial score (nSPS) is 10.7. The predicted molar refractivity (Wildman–Crippen MR) is 79.3 cm³/mol. The zero-order valence-electron chi connectivity index (χ0n) is 10.0. The number of hydrogen-bond donors (Lipinski definition) is 1. The fourth-order valence-electron chi connectivity index (χ4n) is 1.82. The van der Waals surface area contributed by atoms with E-state index >= 15 is 0 Å². The first kappa shape index (κ1) is 13.0. The van der Waals surface area contributed by atoms with E-state index in [1.54, 1.807) is 4.68 Å². The monoisotopic (exact) mass is 349 g/mol. The minimum absolute atomic E-state index is 0.0460. The second-order valence-corrected chi connectivity index (χ2v) is 5.82. The molecule has 0 amide bonds. The molecule has 1 N–H and O–H groups in total. The van der Waals surface area contributed by atoms with Crippen molar-refractivity contribution < 1.29 is 9.90 Å². The van der Waals surface area contributed by atoms with E-state index in [9.17, 15) is 9.90 Å². The topological polar surface area (TPSA) is 68.0 Å². The Morgan fingerprint density at radius 3 is 2.60 bits per heavy atom. The summed E-state index contributed by atoms with van der Waals surface area (Å²) in [5, 5.41) is 18.9. The average molecular weight is 350 g/mol. The predicted octanol–water partition coefficient (Wildman–Crippen LogP) is 3.46.